The van der Waals surface area contributed by atoms with Crippen LogP contribution >= 0.6 is 0 Å². The van der Waals surface area contributed by atoms with Crippen molar-refractivity contribution in [2.75, 3.05) is 13.7 Å². The third-order valence-electron chi connectivity index (χ3n) is 2.37. The zero-order chi connectivity index (χ0) is 9.68. The number of rotatable bonds is 0. The molecule has 2 heteroatoms. The predicted molar refractivity (Wildman–Crippen MR) is 53.6 cm³/mol. The summed E-state index contributed by atoms with van der Waals surface area (Å²) in [5.74, 6) is 0. The molecule has 0 spiro atoms. The van der Waals surface area contributed by atoms with E-state index in [0.717, 1.165) is 6.54 Å². The second-order valence-electron chi connectivity index (χ2n) is 3.12. The highest BCUT2D eigenvalue weighted by atomic mass is 19.1. The predicted octanol–water partition coefficient (Wildman–Crippen LogP) is 2.48. The van der Waals surface area contributed by atoms with Gasteiger partial charge in [-0.15, -0.1) is 0 Å². The zero-order valence-corrected chi connectivity index (χ0v) is 8.18. The van der Waals surface area contributed by atoms with Crippen LogP contribution < -0.4 is 5.32 Å². The maximum absolute atomic E-state index is 9.50. The first-order chi connectivity index (χ1) is 6.38. The van der Waals surface area contributed by atoms with E-state index in [1.54, 1.807) is 0 Å². The summed E-state index contributed by atoms with van der Waals surface area (Å²) in [7, 11) is 0.500. The maximum atomic E-state index is 9.50. The van der Waals surface area contributed by atoms with E-state index in [4.69, 9.17) is 0 Å². The van der Waals surface area contributed by atoms with E-state index in [1.807, 2.05) is 0 Å². The molecule has 1 aliphatic heterocycles. The smallest absolute Gasteiger partial charge is 0.0785 e. The van der Waals surface area contributed by atoms with Gasteiger partial charge in [-0.2, -0.15) is 0 Å². The molecule has 0 saturated carbocycles. The first-order valence-electron chi connectivity index (χ1n) is 4.57. The van der Waals surface area contributed by atoms with Crippen molar-refractivity contribution in [2.24, 2.45) is 0 Å². The number of hydrogen-bond acceptors (Lipinski definition) is 1. The van der Waals surface area contributed by atoms with Crippen LogP contribution in [0.5, 0.6) is 0 Å². The Hall–Kier alpha value is -0.890. The molecule has 0 fully saturated rings. The molecule has 0 saturated heterocycles. The highest BCUT2D eigenvalue weighted by Crippen LogP contribution is 2.21. The van der Waals surface area contributed by atoms with Gasteiger partial charge >= 0.3 is 0 Å². The van der Waals surface area contributed by atoms with Crippen molar-refractivity contribution in [3.05, 3.63) is 35.4 Å². The van der Waals surface area contributed by atoms with E-state index in [1.165, 1.54) is 17.5 Å². The van der Waals surface area contributed by atoms with Crippen LogP contribution in [0.2, 0.25) is 0 Å². The summed E-state index contributed by atoms with van der Waals surface area (Å²) in [6.07, 6.45) is 1.18. The van der Waals surface area contributed by atoms with Gasteiger partial charge in [-0.25, -0.2) is 0 Å². The van der Waals surface area contributed by atoms with E-state index in [2.05, 4.69) is 36.5 Å². The van der Waals surface area contributed by atoms with Crippen LogP contribution in [0, 0.1) is 0 Å². The van der Waals surface area contributed by atoms with Gasteiger partial charge in [0.15, 0.2) is 0 Å². The minimum Gasteiger partial charge on any atom is -0.310 e. The largest absolute Gasteiger partial charge is 0.310 e. The van der Waals surface area contributed by atoms with Crippen LogP contribution in [0.4, 0.5) is 4.39 Å². The Bertz CT molecular complexity index is 260. The Morgan fingerprint density at radius 3 is 2.69 bits per heavy atom. The van der Waals surface area contributed by atoms with E-state index in [-0.39, 0.29) is 0 Å². The fourth-order valence-electron chi connectivity index (χ4n) is 1.72. The molecule has 1 aliphatic rings. The average molecular weight is 181 g/mol. The Labute approximate surface area is 79.0 Å². The average Bonchev–Trinajstić information content (AvgIpc) is 2.22. The van der Waals surface area contributed by atoms with Gasteiger partial charge in [0, 0.05) is 6.04 Å². The van der Waals surface area contributed by atoms with Gasteiger partial charge < -0.3 is 5.32 Å². The van der Waals surface area contributed by atoms with Crippen LogP contribution in [-0.4, -0.2) is 13.7 Å². The Balaban J connectivity index is 0.000000396. The van der Waals surface area contributed by atoms with Crippen LogP contribution in [0.25, 0.3) is 0 Å². The SMILES string of the molecule is CC1NCCc2ccccc21.CF. The molecular weight excluding hydrogens is 165 g/mol. The standard InChI is InChI=1S/C10H13N.CH3F/c1-8-10-5-3-2-4-9(10)6-7-11-8;1-2/h2-5,8,11H,6-7H2,1H3;1H3. The van der Waals surface area contributed by atoms with E-state index in [9.17, 15) is 4.39 Å². The third kappa shape index (κ3) is 2.28. The summed E-state index contributed by atoms with van der Waals surface area (Å²) in [5, 5.41) is 3.44. The highest BCUT2D eigenvalue weighted by Gasteiger charge is 2.13. The maximum Gasteiger partial charge on any atom is 0.0785 e. The summed E-state index contributed by atoms with van der Waals surface area (Å²) in [6, 6.07) is 9.22. The fraction of sp³-hybridized carbons (Fsp3) is 0.455. The van der Waals surface area contributed by atoms with Crippen LogP contribution in [0.15, 0.2) is 24.3 Å². The van der Waals surface area contributed by atoms with Gasteiger partial charge in [-0.1, -0.05) is 24.3 Å². The van der Waals surface area contributed by atoms with Gasteiger partial charge in [0.1, 0.15) is 0 Å². The molecule has 1 N–H and O–H groups in total. The molecule has 1 aromatic rings. The first kappa shape index (κ1) is 10.2. The summed E-state index contributed by atoms with van der Waals surface area (Å²) >= 11 is 0. The number of alkyl halides is 1. The monoisotopic (exact) mass is 181 g/mol. The molecule has 0 bridgehead atoms. The molecule has 2 rings (SSSR count). The molecule has 0 radical (unpaired) electrons. The van der Waals surface area contributed by atoms with Crippen LogP contribution in [0.1, 0.15) is 24.1 Å². The number of halogens is 1. The lowest BCUT2D eigenvalue weighted by atomic mass is 9.96. The van der Waals surface area contributed by atoms with Gasteiger partial charge in [-0.3, -0.25) is 4.39 Å². The van der Waals surface area contributed by atoms with Crippen molar-refractivity contribution in [3.63, 3.8) is 0 Å². The highest BCUT2D eigenvalue weighted by molar-refractivity contribution is 5.31. The first-order valence-corrected chi connectivity index (χ1v) is 4.57. The lowest BCUT2D eigenvalue weighted by molar-refractivity contribution is 0.541. The zero-order valence-electron chi connectivity index (χ0n) is 8.18. The summed E-state index contributed by atoms with van der Waals surface area (Å²) in [4.78, 5) is 0. The molecule has 72 valence electrons. The minimum absolute atomic E-state index is 0.500. The molecule has 13 heavy (non-hydrogen) atoms. The molecule has 1 nitrogen and oxygen atoms in total. The van der Waals surface area contributed by atoms with E-state index < -0.39 is 0 Å². The molecule has 1 heterocycles. The Morgan fingerprint density at radius 1 is 1.31 bits per heavy atom. The van der Waals surface area contributed by atoms with Gasteiger partial charge in [0.05, 0.1) is 7.18 Å². The van der Waals surface area contributed by atoms with Crippen molar-refractivity contribution < 1.29 is 4.39 Å². The van der Waals surface area contributed by atoms with Crippen molar-refractivity contribution in [2.45, 2.75) is 19.4 Å². The van der Waals surface area contributed by atoms with Gasteiger partial charge in [-0.05, 0) is 31.0 Å². The topological polar surface area (TPSA) is 12.0 Å². The number of benzene rings is 1. The minimum atomic E-state index is 0.500. The van der Waals surface area contributed by atoms with Crippen molar-refractivity contribution in [3.8, 4) is 0 Å². The van der Waals surface area contributed by atoms with Crippen molar-refractivity contribution in [1.29, 1.82) is 0 Å². The summed E-state index contributed by atoms with van der Waals surface area (Å²) < 4.78 is 9.50. The Kier molecular flexibility index (Phi) is 3.90. The summed E-state index contributed by atoms with van der Waals surface area (Å²) in [5.41, 5.74) is 2.98. The molecule has 0 amide bonds. The molecule has 0 aromatic heterocycles. The fourth-order valence-corrected chi connectivity index (χ4v) is 1.72. The Morgan fingerprint density at radius 2 is 2.00 bits per heavy atom. The van der Waals surface area contributed by atoms with Crippen LogP contribution in [0.3, 0.4) is 0 Å². The van der Waals surface area contributed by atoms with Gasteiger partial charge in [0.2, 0.25) is 0 Å². The van der Waals surface area contributed by atoms with Crippen LogP contribution in [-0.2, 0) is 6.42 Å². The van der Waals surface area contributed by atoms with Gasteiger partial charge in [0.25, 0.3) is 0 Å². The quantitative estimate of drug-likeness (QED) is 0.648. The molecule has 0 aliphatic carbocycles. The van der Waals surface area contributed by atoms with Crippen molar-refractivity contribution in [1.82, 2.24) is 5.32 Å². The molecular formula is C11H16FN. The number of fused-ring (bicyclic) bond motifs is 1. The number of hydrogen-bond donors (Lipinski definition) is 1. The summed E-state index contributed by atoms with van der Waals surface area (Å²) in [6.45, 7) is 3.34. The molecule has 1 unspecified atom stereocenters. The second-order valence-corrected chi connectivity index (χ2v) is 3.12. The lowest BCUT2D eigenvalue weighted by Gasteiger charge is -2.23. The normalized spacial score (nSPS) is 19.8. The lowest BCUT2D eigenvalue weighted by Crippen LogP contribution is -2.27. The van der Waals surface area contributed by atoms with E-state index in [0.29, 0.717) is 13.2 Å². The third-order valence-corrected chi connectivity index (χ3v) is 2.37. The number of nitrogens with one attached hydrogen (secondary N) is 1. The van der Waals surface area contributed by atoms with Crippen molar-refractivity contribution >= 4 is 0 Å². The second kappa shape index (κ2) is 4.97. The molecule has 1 atom stereocenters. The molecule has 1 aromatic carbocycles. The van der Waals surface area contributed by atoms with E-state index >= 15 is 0 Å².